The second kappa shape index (κ2) is 5.72. The second-order valence-corrected chi connectivity index (χ2v) is 6.74. The summed E-state index contributed by atoms with van der Waals surface area (Å²) in [7, 11) is 1.65. The van der Waals surface area contributed by atoms with E-state index < -0.39 is 0 Å². The van der Waals surface area contributed by atoms with Crippen molar-refractivity contribution in [3.05, 3.63) is 27.7 Å². The Morgan fingerprint density at radius 3 is 2.80 bits per heavy atom. The third-order valence-corrected chi connectivity index (χ3v) is 5.24. The van der Waals surface area contributed by atoms with E-state index in [1.165, 1.54) is 12.8 Å². The highest BCUT2D eigenvalue weighted by atomic mass is 35.5. The Bertz CT molecular complexity index is 501. The van der Waals surface area contributed by atoms with Gasteiger partial charge in [0, 0.05) is 30.2 Å². The maximum atomic E-state index is 6.33. The lowest BCUT2D eigenvalue weighted by Crippen LogP contribution is -2.29. The van der Waals surface area contributed by atoms with Gasteiger partial charge < -0.3 is 10.1 Å². The molecule has 3 nitrogen and oxygen atoms in total. The first-order valence-electron chi connectivity index (χ1n) is 7.07. The molecule has 2 aliphatic rings. The Balaban J connectivity index is 1.77. The van der Waals surface area contributed by atoms with Gasteiger partial charge in [-0.05, 0) is 43.5 Å². The number of nitrogens with zero attached hydrogens (tertiary/aromatic N) is 1. The van der Waals surface area contributed by atoms with Gasteiger partial charge in [0.05, 0.1) is 12.1 Å². The van der Waals surface area contributed by atoms with E-state index >= 15 is 0 Å². The predicted octanol–water partition coefficient (Wildman–Crippen LogP) is 3.19. The molecule has 0 radical (unpaired) electrons. The van der Waals surface area contributed by atoms with E-state index in [9.17, 15) is 0 Å². The first kappa shape index (κ1) is 14.5. The minimum atomic E-state index is 0.471. The molecule has 0 amide bonds. The maximum Gasteiger partial charge on any atom is 0.143 e. The molecule has 1 spiro atoms. The first-order valence-corrected chi connectivity index (χ1v) is 7.83. The quantitative estimate of drug-likeness (QED) is 0.927. The van der Waals surface area contributed by atoms with Crippen LogP contribution in [0.15, 0.2) is 12.1 Å². The number of halogens is 2. The molecule has 2 fully saturated rings. The van der Waals surface area contributed by atoms with Crippen LogP contribution >= 0.6 is 23.2 Å². The van der Waals surface area contributed by atoms with Gasteiger partial charge in [-0.2, -0.15) is 0 Å². The zero-order chi connectivity index (χ0) is 14.2. The van der Waals surface area contributed by atoms with Gasteiger partial charge in [-0.15, -0.1) is 0 Å². The SMILES string of the molecule is COc1c(Cl)ccc(Cl)c1CN1CCC2(CCNC2)C1. The van der Waals surface area contributed by atoms with Crippen LogP contribution in [-0.4, -0.2) is 38.2 Å². The van der Waals surface area contributed by atoms with Gasteiger partial charge in [0.15, 0.2) is 0 Å². The number of likely N-dealkylation sites (tertiary alicyclic amines) is 1. The highest BCUT2D eigenvalue weighted by Gasteiger charge is 2.40. The highest BCUT2D eigenvalue weighted by molar-refractivity contribution is 6.34. The fourth-order valence-electron chi connectivity index (χ4n) is 3.47. The minimum Gasteiger partial charge on any atom is -0.495 e. The van der Waals surface area contributed by atoms with Crippen LogP contribution in [0.2, 0.25) is 10.0 Å². The number of benzene rings is 1. The molecule has 110 valence electrons. The molecule has 2 aliphatic heterocycles. The van der Waals surface area contributed by atoms with Crippen LogP contribution in [0.25, 0.3) is 0 Å². The second-order valence-electron chi connectivity index (χ2n) is 5.93. The molecule has 1 aromatic carbocycles. The van der Waals surface area contributed by atoms with E-state index in [0.717, 1.165) is 43.3 Å². The van der Waals surface area contributed by atoms with Crippen molar-refractivity contribution in [3.63, 3.8) is 0 Å². The summed E-state index contributed by atoms with van der Waals surface area (Å²) >= 11 is 12.5. The zero-order valence-electron chi connectivity index (χ0n) is 11.7. The summed E-state index contributed by atoms with van der Waals surface area (Å²) in [5.74, 6) is 0.713. The zero-order valence-corrected chi connectivity index (χ0v) is 13.2. The number of ether oxygens (including phenoxy) is 1. The van der Waals surface area contributed by atoms with Crippen LogP contribution in [0, 0.1) is 5.41 Å². The summed E-state index contributed by atoms with van der Waals surface area (Å²) in [6.45, 7) is 5.35. The van der Waals surface area contributed by atoms with Crippen molar-refractivity contribution in [1.82, 2.24) is 10.2 Å². The Morgan fingerprint density at radius 1 is 1.30 bits per heavy atom. The van der Waals surface area contributed by atoms with Gasteiger partial charge in [0.2, 0.25) is 0 Å². The average Bonchev–Trinajstić information content (AvgIpc) is 3.05. The van der Waals surface area contributed by atoms with E-state index in [0.29, 0.717) is 16.2 Å². The normalized spacial score (nSPS) is 26.6. The summed E-state index contributed by atoms with van der Waals surface area (Å²) < 4.78 is 5.43. The first-order chi connectivity index (χ1) is 9.63. The molecule has 1 unspecified atom stereocenters. The van der Waals surface area contributed by atoms with E-state index in [4.69, 9.17) is 27.9 Å². The fourth-order valence-corrected chi connectivity index (χ4v) is 3.94. The van der Waals surface area contributed by atoms with Gasteiger partial charge in [-0.1, -0.05) is 23.2 Å². The van der Waals surface area contributed by atoms with Crippen molar-refractivity contribution in [3.8, 4) is 5.75 Å². The molecule has 2 saturated heterocycles. The summed E-state index contributed by atoms with van der Waals surface area (Å²) in [5, 5.41) is 4.85. The fraction of sp³-hybridized carbons (Fsp3) is 0.600. The van der Waals surface area contributed by atoms with E-state index in [-0.39, 0.29) is 0 Å². The summed E-state index contributed by atoms with van der Waals surface area (Å²) in [6.07, 6.45) is 2.55. The van der Waals surface area contributed by atoms with Crippen molar-refractivity contribution in [1.29, 1.82) is 0 Å². The van der Waals surface area contributed by atoms with E-state index in [1.807, 2.05) is 6.07 Å². The molecule has 1 N–H and O–H groups in total. The number of hydrogen-bond acceptors (Lipinski definition) is 3. The molecule has 1 atom stereocenters. The van der Waals surface area contributed by atoms with E-state index in [2.05, 4.69) is 10.2 Å². The molecular weight excluding hydrogens is 295 g/mol. The monoisotopic (exact) mass is 314 g/mol. The van der Waals surface area contributed by atoms with Gasteiger partial charge in [-0.3, -0.25) is 4.90 Å². The van der Waals surface area contributed by atoms with Crippen LogP contribution in [0.5, 0.6) is 5.75 Å². The van der Waals surface area contributed by atoms with Gasteiger partial charge in [-0.25, -0.2) is 0 Å². The van der Waals surface area contributed by atoms with E-state index in [1.54, 1.807) is 13.2 Å². The average molecular weight is 315 g/mol. The minimum absolute atomic E-state index is 0.471. The Hall–Kier alpha value is -0.480. The smallest absolute Gasteiger partial charge is 0.143 e. The lowest BCUT2D eigenvalue weighted by Gasteiger charge is -2.24. The molecule has 0 saturated carbocycles. The van der Waals surface area contributed by atoms with Crippen LogP contribution in [0.4, 0.5) is 0 Å². The molecule has 20 heavy (non-hydrogen) atoms. The van der Waals surface area contributed by atoms with Crippen LogP contribution < -0.4 is 10.1 Å². The predicted molar refractivity (Wildman–Crippen MR) is 82.8 cm³/mol. The molecule has 5 heteroatoms. The third kappa shape index (κ3) is 2.64. The highest BCUT2D eigenvalue weighted by Crippen LogP contribution is 2.39. The van der Waals surface area contributed by atoms with Gasteiger partial charge in [0.1, 0.15) is 5.75 Å². The summed E-state index contributed by atoms with van der Waals surface area (Å²) in [6, 6.07) is 3.64. The lowest BCUT2D eigenvalue weighted by atomic mass is 9.86. The number of nitrogens with one attached hydrogen (secondary N) is 1. The van der Waals surface area contributed by atoms with Gasteiger partial charge in [0.25, 0.3) is 0 Å². The Kier molecular flexibility index (Phi) is 4.14. The molecule has 0 bridgehead atoms. The standard InChI is InChI=1S/C15H20Cl2N2O/c1-20-14-11(12(16)2-3-13(14)17)8-19-7-5-15(10-19)4-6-18-9-15/h2-3,18H,4-10H2,1H3. The molecule has 1 aromatic rings. The van der Waals surface area contributed by atoms with Crippen molar-refractivity contribution in [2.24, 2.45) is 5.41 Å². The van der Waals surface area contributed by atoms with Crippen LogP contribution in [0.1, 0.15) is 18.4 Å². The van der Waals surface area contributed by atoms with Crippen LogP contribution in [0.3, 0.4) is 0 Å². The lowest BCUT2D eigenvalue weighted by molar-refractivity contribution is 0.265. The topological polar surface area (TPSA) is 24.5 Å². The van der Waals surface area contributed by atoms with Crippen molar-refractivity contribution in [2.75, 3.05) is 33.3 Å². The van der Waals surface area contributed by atoms with Crippen LogP contribution in [-0.2, 0) is 6.54 Å². The van der Waals surface area contributed by atoms with Crippen molar-refractivity contribution < 1.29 is 4.74 Å². The molecule has 0 aromatic heterocycles. The molecule has 3 rings (SSSR count). The molecule has 2 heterocycles. The maximum absolute atomic E-state index is 6.33. The molecule has 0 aliphatic carbocycles. The summed E-state index contributed by atoms with van der Waals surface area (Å²) in [5.41, 5.74) is 1.47. The Morgan fingerprint density at radius 2 is 2.10 bits per heavy atom. The number of hydrogen-bond donors (Lipinski definition) is 1. The largest absolute Gasteiger partial charge is 0.495 e. The van der Waals surface area contributed by atoms with Gasteiger partial charge >= 0.3 is 0 Å². The third-order valence-electron chi connectivity index (χ3n) is 4.59. The van der Waals surface area contributed by atoms with Crippen molar-refractivity contribution in [2.45, 2.75) is 19.4 Å². The number of rotatable bonds is 3. The number of methoxy groups -OCH3 is 1. The summed E-state index contributed by atoms with van der Waals surface area (Å²) in [4.78, 5) is 2.47. The Labute approximate surface area is 130 Å². The van der Waals surface area contributed by atoms with Crippen molar-refractivity contribution >= 4 is 23.2 Å². The molecular formula is C15H20Cl2N2O.